The van der Waals surface area contributed by atoms with E-state index < -0.39 is 22.3 Å². The van der Waals surface area contributed by atoms with Crippen molar-refractivity contribution in [3.8, 4) is 28.7 Å². The Labute approximate surface area is 224 Å². The first-order valence-electron chi connectivity index (χ1n) is 11.3. The topological polar surface area (TPSA) is 156 Å². The number of ether oxygens (including phenoxy) is 6. The van der Waals surface area contributed by atoms with Crippen LogP contribution in [0.5, 0.6) is 28.7 Å². The summed E-state index contributed by atoms with van der Waals surface area (Å²) >= 11 is 6.21. The highest BCUT2D eigenvalue weighted by atomic mass is 35.5. The van der Waals surface area contributed by atoms with Gasteiger partial charge >= 0.3 is 11.7 Å². The van der Waals surface area contributed by atoms with E-state index in [1.165, 1.54) is 21.3 Å². The van der Waals surface area contributed by atoms with Gasteiger partial charge in [0.25, 0.3) is 0 Å². The summed E-state index contributed by atoms with van der Waals surface area (Å²) in [5.41, 5.74) is -0.217. The van der Waals surface area contributed by atoms with Gasteiger partial charge in [-0.25, -0.2) is 4.79 Å². The summed E-state index contributed by atoms with van der Waals surface area (Å²) in [6, 6.07) is 2.08. The molecular formula is C25H30ClNO11. The number of hydrogen-bond donors (Lipinski definition) is 2. The molecule has 0 fully saturated rings. The molecule has 0 aromatic heterocycles. The minimum absolute atomic E-state index is 0.0135. The largest absolute Gasteiger partial charge is 0.507 e. The highest BCUT2D eigenvalue weighted by Crippen LogP contribution is 2.45. The number of phenolic OH excluding ortho intramolecular Hbond substituents is 2. The van der Waals surface area contributed by atoms with Gasteiger partial charge in [-0.1, -0.05) is 17.7 Å². The average molecular weight is 556 g/mol. The van der Waals surface area contributed by atoms with E-state index in [2.05, 4.69) is 6.58 Å². The predicted octanol–water partition coefficient (Wildman–Crippen LogP) is 4.54. The van der Waals surface area contributed by atoms with Crippen molar-refractivity contribution in [2.75, 3.05) is 41.5 Å². The van der Waals surface area contributed by atoms with Crippen LogP contribution >= 0.6 is 11.6 Å². The molecule has 0 aliphatic heterocycles. The SMILES string of the molecule is C=CCCCc1c(Cl)c(O)cc(O)c1C(=O)OCCc1c(OC)c(OCOC)cc([N+](=O)[O-])c1OCOC. The summed E-state index contributed by atoms with van der Waals surface area (Å²) in [6.45, 7) is 2.83. The minimum atomic E-state index is -0.905. The van der Waals surface area contributed by atoms with Gasteiger partial charge in [0.2, 0.25) is 5.75 Å². The zero-order valence-electron chi connectivity index (χ0n) is 21.3. The molecule has 0 atom stereocenters. The van der Waals surface area contributed by atoms with Crippen LogP contribution in [0.2, 0.25) is 5.02 Å². The summed E-state index contributed by atoms with van der Waals surface area (Å²) in [5.74, 6) is -1.82. The smallest absolute Gasteiger partial charge is 0.342 e. The van der Waals surface area contributed by atoms with Crippen molar-refractivity contribution >= 4 is 23.3 Å². The lowest BCUT2D eigenvalue weighted by molar-refractivity contribution is -0.386. The number of esters is 1. The summed E-state index contributed by atoms with van der Waals surface area (Å²) in [5, 5.41) is 32.1. The third-order valence-corrected chi connectivity index (χ3v) is 5.69. The number of allylic oxidation sites excluding steroid dienone is 1. The summed E-state index contributed by atoms with van der Waals surface area (Å²) in [6.07, 6.45) is 3.03. The van der Waals surface area contributed by atoms with Crippen LogP contribution in [0.1, 0.15) is 34.3 Å². The van der Waals surface area contributed by atoms with E-state index in [9.17, 15) is 25.1 Å². The summed E-state index contributed by atoms with van der Waals surface area (Å²) in [4.78, 5) is 24.1. The van der Waals surface area contributed by atoms with E-state index in [1.54, 1.807) is 6.08 Å². The van der Waals surface area contributed by atoms with E-state index in [0.717, 1.165) is 12.1 Å². The number of hydrogen-bond acceptors (Lipinski definition) is 11. The van der Waals surface area contributed by atoms with E-state index in [0.29, 0.717) is 12.8 Å². The molecule has 0 amide bonds. The molecule has 13 heteroatoms. The van der Waals surface area contributed by atoms with Crippen molar-refractivity contribution in [3.05, 3.63) is 56.6 Å². The molecule has 2 aromatic carbocycles. The van der Waals surface area contributed by atoms with E-state index in [-0.39, 0.29) is 77.7 Å². The molecule has 2 rings (SSSR count). The van der Waals surface area contributed by atoms with Gasteiger partial charge in [0, 0.05) is 26.7 Å². The van der Waals surface area contributed by atoms with Crippen molar-refractivity contribution in [2.45, 2.75) is 25.7 Å². The molecule has 0 unspecified atom stereocenters. The number of carbonyl (C=O) groups excluding carboxylic acids is 1. The number of phenols is 2. The number of halogens is 1. The van der Waals surface area contributed by atoms with E-state index >= 15 is 0 Å². The fourth-order valence-corrected chi connectivity index (χ4v) is 3.89. The normalized spacial score (nSPS) is 10.6. The molecule has 12 nitrogen and oxygen atoms in total. The molecule has 0 heterocycles. The Hall–Kier alpha value is -3.74. The Bertz CT molecular complexity index is 1150. The first-order chi connectivity index (χ1) is 18.2. The van der Waals surface area contributed by atoms with Gasteiger partial charge in [0.15, 0.2) is 25.1 Å². The number of rotatable bonds is 16. The quantitative estimate of drug-likeness (QED) is 0.0748. The number of nitro benzene ring substituents is 1. The molecule has 0 aliphatic carbocycles. The number of carbonyl (C=O) groups is 1. The first kappa shape index (κ1) is 30.5. The first-order valence-corrected chi connectivity index (χ1v) is 11.7. The van der Waals surface area contributed by atoms with Crippen LogP contribution in [-0.2, 0) is 27.1 Å². The Balaban J connectivity index is 2.42. The van der Waals surface area contributed by atoms with Gasteiger partial charge in [0.05, 0.1) is 35.3 Å². The van der Waals surface area contributed by atoms with Gasteiger partial charge in [-0.3, -0.25) is 10.1 Å². The van der Waals surface area contributed by atoms with Crippen LogP contribution in [-0.4, -0.2) is 62.6 Å². The van der Waals surface area contributed by atoms with Gasteiger partial charge in [-0.2, -0.15) is 0 Å². The number of aromatic hydroxyl groups is 2. The van der Waals surface area contributed by atoms with Gasteiger partial charge in [0.1, 0.15) is 17.1 Å². The summed E-state index contributed by atoms with van der Waals surface area (Å²) in [7, 11) is 4.07. The minimum Gasteiger partial charge on any atom is -0.507 e. The highest BCUT2D eigenvalue weighted by molar-refractivity contribution is 6.33. The molecule has 0 radical (unpaired) electrons. The van der Waals surface area contributed by atoms with Crippen molar-refractivity contribution in [2.24, 2.45) is 0 Å². The second-order valence-electron chi connectivity index (χ2n) is 7.74. The lowest BCUT2D eigenvalue weighted by atomic mass is 10.00. The standard InChI is InChI=1S/C25H30ClNO11/c1-5-6-7-8-15-21(18(28)12-19(29)22(15)26)25(30)36-10-9-16-23(38-14-34-3)17(27(31)32)11-20(24(16)35-4)37-13-33-2/h5,11-12,28-29H,1,6-10,13-14H2,2-4H3. The number of methoxy groups -OCH3 is 3. The van der Waals surface area contributed by atoms with Crippen molar-refractivity contribution in [1.29, 1.82) is 0 Å². The molecule has 0 spiro atoms. The molecule has 0 saturated carbocycles. The molecule has 38 heavy (non-hydrogen) atoms. The Kier molecular flexibility index (Phi) is 11.9. The second-order valence-corrected chi connectivity index (χ2v) is 8.12. The maximum absolute atomic E-state index is 13.0. The van der Waals surface area contributed by atoms with Gasteiger partial charge in [-0.05, 0) is 24.8 Å². The van der Waals surface area contributed by atoms with Gasteiger partial charge < -0.3 is 38.6 Å². The third kappa shape index (κ3) is 7.40. The maximum atomic E-state index is 13.0. The third-order valence-electron chi connectivity index (χ3n) is 5.27. The zero-order chi connectivity index (χ0) is 28.2. The van der Waals surface area contributed by atoms with Gasteiger partial charge in [-0.15, -0.1) is 6.58 Å². The fraction of sp³-hybridized carbons (Fsp3) is 0.400. The lowest BCUT2D eigenvalue weighted by Crippen LogP contribution is -2.14. The van der Waals surface area contributed by atoms with E-state index in [1.807, 2.05) is 0 Å². The monoisotopic (exact) mass is 555 g/mol. The van der Waals surface area contributed by atoms with Crippen LogP contribution in [0.3, 0.4) is 0 Å². The van der Waals surface area contributed by atoms with Crippen molar-refractivity contribution in [1.82, 2.24) is 0 Å². The molecule has 2 aromatic rings. The Morgan fingerprint density at radius 3 is 2.34 bits per heavy atom. The number of nitro groups is 1. The number of nitrogens with zero attached hydrogens (tertiary/aromatic N) is 1. The Morgan fingerprint density at radius 2 is 1.74 bits per heavy atom. The Morgan fingerprint density at radius 1 is 1.05 bits per heavy atom. The average Bonchev–Trinajstić information content (AvgIpc) is 2.88. The number of benzene rings is 2. The molecule has 0 saturated heterocycles. The zero-order valence-corrected chi connectivity index (χ0v) is 22.0. The lowest BCUT2D eigenvalue weighted by Gasteiger charge is -2.18. The van der Waals surface area contributed by atoms with E-state index in [4.69, 9.17) is 40.0 Å². The van der Waals surface area contributed by atoms with Crippen LogP contribution in [0.25, 0.3) is 0 Å². The fourth-order valence-electron chi connectivity index (χ4n) is 3.64. The molecule has 0 aliphatic rings. The maximum Gasteiger partial charge on any atom is 0.342 e. The van der Waals surface area contributed by atoms with Crippen LogP contribution in [0, 0.1) is 10.1 Å². The number of unbranched alkanes of at least 4 members (excludes halogenated alkanes) is 1. The summed E-state index contributed by atoms with van der Waals surface area (Å²) < 4.78 is 31.6. The predicted molar refractivity (Wildman–Crippen MR) is 137 cm³/mol. The molecule has 0 bridgehead atoms. The second kappa shape index (κ2) is 14.9. The van der Waals surface area contributed by atoms with Crippen LogP contribution in [0.4, 0.5) is 5.69 Å². The van der Waals surface area contributed by atoms with Crippen LogP contribution in [0.15, 0.2) is 24.8 Å². The molecular weight excluding hydrogens is 526 g/mol. The molecule has 208 valence electrons. The van der Waals surface area contributed by atoms with Crippen molar-refractivity contribution < 1.29 is 48.4 Å². The highest BCUT2D eigenvalue weighted by Gasteiger charge is 2.29. The van der Waals surface area contributed by atoms with Crippen molar-refractivity contribution in [3.63, 3.8) is 0 Å². The molecule has 2 N–H and O–H groups in total. The van der Waals surface area contributed by atoms with Crippen LogP contribution < -0.4 is 14.2 Å².